The minimum absolute atomic E-state index is 0.0129. The fourth-order valence-electron chi connectivity index (χ4n) is 3.06. The highest BCUT2D eigenvalue weighted by atomic mass is 16.5. The van der Waals surface area contributed by atoms with Gasteiger partial charge in [-0.3, -0.25) is 4.79 Å². The van der Waals surface area contributed by atoms with Crippen LogP contribution in [0.4, 0.5) is 0 Å². The number of carbonyl (C=O) groups excluding carboxylic acids is 1. The van der Waals surface area contributed by atoms with Gasteiger partial charge in [-0.2, -0.15) is 5.10 Å². The Morgan fingerprint density at radius 3 is 2.52 bits per heavy atom. The molecule has 2 aromatic carbocycles. The third-order valence-electron chi connectivity index (χ3n) is 5.25. The van der Waals surface area contributed by atoms with Gasteiger partial charge in [0.25, 0.3) is 0 Å². The molecule has 164 valence electrons. The predicted octanol–water partition coefficient (Wildman–Crippen LogP) is 5.77. The molecule has 0 bridgehead atoms. The number of benzene rings is 2. The van der Waals surface area contributed by atoms with Gasteiger partial charge in [-0.15, -0.1) is 0 Å². The molecule has 0 amide bonds. The van der Waals surface area contributed by atoms with E-state index >= 15 is 0 Å². The second kappa shape index (κ2) is 9.48. The fraction of sp³-hybridized carbons (Fsp3) is 0.385. The van der Waals surface area contributed by atoms with E-state index in [1.54, 1.807) is 20.8 Å². The van der Waals surface area contributed by atoms with Gasteiger partial charge in [0.05, 0.1) is 30.3 Å². The van der Waals surface area contributed by atoms with E-state index in [4.69, 9.17) is 14.6 Å². The number of nitrogens with zero attached hydrogens (tertiary/aromatic N) is 2. The maximum absolute atomic E-state index is 11.8. The van der Waals surface area contributed by atoms with Gasteiger partial charge >= 0.3 is 0 Å². The Labute approximate surface area is 185 Å². The zero-order valence-electron chi connectivity index (χ0n) is 19.3. The summed E-state index contributed by atoms with van der Waals surface area (Å²) in [4.78, 5) is 11.8. The van der Waals surface area contributed by atoms with E-state index in [0.29, 0.717) is 12.5 Å². The van der Waals surface area contributed by atoms with Crippen molar-refractivity contribution in [3.05, 3.63) is 65.9 Å². The number of para-hydroxylation sites is 1. The van der Waals surface area contributed by atoms with E-state index in [0.717, 1.165) is 34.0 Å². The van der Waals surface area contributed by atoms with E-state index in [1.807, 2.05) is 41.1 Å². The molecule has 0 fully saturated rings. The van der Waals surface area contributed by atoms with Crippen molar-refractivity contribution in [1.82, 2.24) is 9.78 Å². The van der Waals surface area contributed by atoms with Gasteiger partial charge < -0.3 is 9.47 Å². The summed E-state index contributed by atoms with van der Waals surface area (Å²) in [7, 11) is 0. The number of carbonyl (C=O) groups is 1. The molecule has 0 aliphatic heterocycles. The first-order valence-electron chi connectivity index (χ1n) is 10.7. The van der Waals surface area contributed by atoms with Crippen molar-refractivity contribution in [1.29, 1.82) is 0 Å². The molecule has 0 N–H and O–H groups in total. The first-order valence-corrected chi connectivity index (χ1v) is 10.7. The van der Waals surface area contributed by atoms with E-state index in [9.17, 15) is 4.79 Å². The lowest BCUT2D eigenvalue weighted by atomic mass is 10.1. The molecule has 0 spiro atoms. The number of hydrogen-bond donors (Lipinski definition) is 0. The molecule has 3 aromatic rings. The summed E-state index contributed by atoms with van der Waals surface area (Å²) in [5, 5.41) is 4.82. The monoisotopic (exact) mass is 420 g/mol. The number of ether oxygens (including phenoxy) is 2. The van der Waals surface area contributed by atoms with Crippen LogP contribution in [-0.2, 0) is 16.1 Å². The zero-order chi connectivity index (χ0) is 22.6. The van der Waals surface area contributed by atoms with Crippen molar-refractivity contribution < 1.29 is 14.3 Å². The number of Topliss-reactive ketones (excluding diaryl/α,β-unsaturated/α-hetero) is 1. The van der Waals surface area contributed by atoms with Gasteiger partial charge in [0, 0.05) is 5.56 Å². The smallest absolute Gasteiger partial charge is 0.161 e. The molecule has 5 heteroatoms. The van der Waals surface area contributed by atoms with Crippen LogP contribution < -0.4 is 4.74 Å². The highest BCUT2D eigenvalue weighted by Gasteiger charge is 2.25. The van der Waals surface area contributed by atoms with Crippen LogP contribution in [0.2, 0.25) is 0 Å². The van der Waals surface area contributed by atoms with Gasteiger partial charge in [0.1, 0.15) is 11.4 Å². The standard InChI is InChI=1S/C26H32N2O3/c1-18(2)16-30-23-12-9-11-21(14-23)25-15-22(17-31-26(5,6)20(4)29)27-28(25)24-13-8-7-10-19(24)3/h7-15,18H,16-17H2,1-6H3. The minimum atomic E-state index is -0.850. The van der Waals surface area contributed by atoms with Crippen LogP contribution in [0.25, 0.3) is 16.9 Å². The first kappa shape index (κ1) is 22.8. The summed E-state index contributed by atoms with van der Waals surface area (Å²) in [6, 6.07) is 18.2. The van der Waals surface area contributed by atoms with Crippen LogP contribution >= 0.6 is 0 Å². The van der Waals surface area contributed by atoms with Gasteiger partial charge in [0.15, 0.2) is 5.78 Å². The maximum atomic E-state index is 11.8. The summed E-state index contributed by atoms with van der Waals surface area (Å²) < 4.78 is 13.8. The average Bonchev–Trinajstić information content (AvgIpc) is 3.15. The second-order valence-corrected chi connectivity index (χ2v) is 8.81. The Bertz CT molecular complexity index is 1050. The first-order chi connectivity index (χ1) is 14.7. The normalized spacial score (nSPS) is 11.7. The van der Waals surface area contributed by atoms with Crippen molar-refractivity contribution >= 4 is 5.78 Å². The van der Waals surface area contributed by atoms with Crippen molar-refractivity contribution in [2.45, 2.75) is 53.8 Å². The molecule has 5 nitrogen and oxygen atoms in total. The number of aromatic nitrogens is 2. The SMILES string of the molecule is CC(=O)C(C)(C)OCc1cc(-c2cccc(OCC(C)C)c2)n(-c2ccccc2C)n1. The van der Waals surface area contributed by atoms with E-state index in [2.05, 4.69) is 39.0 Å². The van der Waals surface area contributed by atoms with Gasteiger partial charge in [-0.05, 0) is 63.4 Å². The van der Waals surface area contributed by atoms with Crippen LogP contribution in [0, 0.1) is 12.8 Å². The van der Waals surface area contributed by atoms with E-state index < -0.39 is 5.60 Å². The zero-order valence-corrected chi connectivity index (χ0v) is 19.3. The van der Waals surface area contributed by atoms with E-state index in [-0.39, 0.29) is 12.4 Å². The lowest BCUT2D eigenvalue weighted by Gasteiger charge is -2.21. The topological polar surface area (TPSA) is 53.4 Å². The molecule has 0 atom stereocenters. The molecule has 0 aliphatic rings. The van der Waals surface area contributed by atoms with Crippen LogP contribution in [0.1, 0.15) is 45.9 Å². The quantitative estimate of drug-likeness (QED) is 0.441. The molecule has 31 heavy (non-hydrogen) atoms. The molecule has 0 saturated carbocycles. The number of aryl methyl sites for hydroxylation is 1. The van der Waals surface area contributed by atoms with Crippen molar-refractivity contribution in [3.8, 4) is 22.7 Å². The number of ketones is 1. The fourth-order valence-corrected chi connectivity index (χ4v) is 3.06. The van der Waals surface area contributed by atoms with Crippen LogP contribution in [-0.4, -0.2) is 27.8 Å². The summed E-state index contributed by atoms with van der Waals surface area (Å²) >= 11 is 0. The van der Waals surface area contributed by atoms with Crippen LogP contribution in [0.15, 0.2) is 54.6 Å². The largest absolute Gasteiger partial charge is 0.493 e. The predicted molar refractivity (Wildman–Crippen MR) is 124 cm³/mol. The Morgan fingerprint density at radius 2 is 1.84 bits per heavy atom. The molecule has 1 aromatic heterocycles. The molecule has 1 heterocycles. The molecular formula is C26H32N2O3. The molecule has 0 radical (unpaired) electrons. The second-order valence-electron chi connectivity index (χ2n) is 8.81. The molecule has 0 unspecified atom stereocenters. The average molecular weight is 421 g/mol. The Kier molecular flexibility index (Phi) is 6.96. The summed E-state index contributed by atoms with van der Waals surface area (Å²) in [6.45, 7) is 12.4. The van der Waals surface area contributed by atoms with Crippen LogP contribution in [0.5, 0.6) is 5.75 Å². The molecular weight excluding hydrogens is 388 g/mol. The van der Waals surface area contributed by atoms with Gasteiger partial charge in [-0.1, -0.05) is 44.2 Å². The minimum Gasteiger partial charge on any atom is -0.493 e. The lowest BCUT2D eigenvalue weighted by molar-refractivity contribution is -0.139. The maximum Gasteiger partial charge on any atom is 0.161 e. The lowest BCUT2D eigenvalue weighted by Crippen LogP contribution is -2.32. The Balaban J connectivity index is 2.00. The third-order valence-corrected chi connectivity index (χ3v) is 5.25. The van der Waals surface area contributed by atoms with Crippen LogP contribution in [0.3, 0.4) is 0 Å². The summed E-state index contributed by atoms with van der Waals surface area (Å²) in [6.07, 6.45) is 0. The third kappa shape index (κ3) is 5.61. The van der Waals surface area contributed by atoms with Gasteiger partial charge in [-0.25, -0.2) is 4.68 Å². The molecule has 0 aliphatic carbocycles. The van der Waals surface area contributed by atoms with Gasteiger partial charge in [0.2, 0.25) is 0 Å². The summed E-state index contributed by atoms with van der Waals surface area (Å²) in [5.74, 6) is 1.27. The van der Waals surface area contributed by atoms with E-state index in [1.165, 1.54) is 0 Å². The van der Waals surface area contributed by atoms with Crippen molar-refractivity contribution in [2.75, 3.05) is 6.61 Å². The number of hydrogen-bond acceptors (Lipinski definition) is 4. The Morgan fingerprint density at radius 1 is 1.10 bits per heavy atom. The Hall–Kier alpha value is -2.92. The van der Waals surface area contributed by atoms with Crippen molar-refractivity contribution in [2.24, 2.45) is 5.92 Å². The van der Waals surface area contributed by atoms with Crippen molar-refractivity contribution in [3.63, 3.8) is 0 Å². The molecule has 3 rings (SSSR count). The molecule has 0 saturated heterocycles. The highest BCUT2D eigenvalue weighted by molar-refractivity contribution is 5.83. The highest BCUT2D eigenvalue weighted by Crippen LogP contribution is 2.29. The number of rotatable bonds is 9. The summed E-state index contributed by atoms with van der Waals surface area (Å²) in [5.41, 5.74) is 3.99.